The zero-order valence-corrected chi connectivity index (χ0v) is 11.3. The second-order valence-electron chi connectivity index (χ2n) is 3.88. The van der Waals surface area contributed by atoms with Gasteiger partial charge in [-0.25, -0.2) is 9.97 Å². The van der Waals surface area contributed by atoms with E-state index < -0.39 is 0 Å². The lowest BCUT2D eigenvalue weighted by Gasteiger charge is -2.19. The molecule has 2 aromatic rings. The largest absolute Gasteiger partial charge is 0.382 e. The van der Waals surface area contributed by atoms with Crippen LogP contribution in [0.1, 0.15) is 5.56 Å². The van der Waals surface area contributed by atoms with E-state index in [1.165, 1.54) is 6.33 Å². The highest BCUT2D eigenvalue weighted by molar-refractivity contribution is 6.35. The topological polar surface area (TPSA) is 55.0 Å². The summed E-state index contributed by atoms with van der Waals surface area (Å²) in [5.74, 6) is 0.892. The van der Waals surface area contributed by atoms with Crippen molar-refractivity contribution in [3.05, 3.63) is 46.2 Å². The van der Waals surface area contributed by atoms with Crippen molar-refractivity contribution >= 4 is 34.8 Å². The van der Waals surface area contributed by atoms with Crippen molar-refractivity contribution in [2.24, 2.45) is 0 Å². The van der Waals surface area contributed by atoms with Crippen LogP contribution in [0.5, 0.6) is 0 Å². The molecule has 6 heteroatoms. The van der Waals surface area contributed by atoms with E-state index in [2.05, 4.69) is 9.97 Å². The molecule has 0 aliphatic rings. The van der Waals surface area contributed by atoms with E-state index in [4.69, 9.17) is 28.9 Å². The fourth-order valence-electron chi connectivity index (χ4n) is 1.58. The van der Waals surface area contributed by atoms with Crippen LogP contribution < -0.4 is 10.6 Å². The Balaban J connectivity index is 2.19. The molecule has 2 rings (SSSR count). The first-order valence-corrected chi connectivity index (χ1v) is 6.05. The van der Waals surface area contributed by atoms with E-state index in [1.54, 1.807) is 0 Å². The van der Waals surface area contributed by atoms with E-state index in [0.717, 1.165) is 5.56 Å². The highest BCUT2D eigenvalue weighted by Gasteiger charge is 2.11. The minimum Gasteiger partial charge on any atom is -0.382 e. The standard InChI is InChI=1S/C12H12Cl2N4/c1-18(6-8-2-4-9(13)5-3-8)12-10(14)11(15)16-7-17-12/h2-5,7H,6H2,1H3,(H2,15,16,17). The fourth-order valence-corrected chi connectivity index (χ4v) is 1.95. The summed E-state index contributed by atoms with van der Waals surface area (Å²) < 4.78 is 0. The highest BCUT2D eigenvalue weighted by Crippen LogP contribution is 2.27. The van der Waals surface area contributed by atoms with Gasteiger partial charge in [0.25, 0.3) is 0 Å². The molecule has 0 radical (unpaired) electrons. The van der Waals surface area contributed by atoms with Crippen LogP contribution in [0.25, 0.3) is 0 Å². The van der Waals surface area contributed by atoms with Crippen LogP contribution in [-0.4, -0.2) is 17.0 Å². The first-order valence-electron chi connectivity index (χ1n) is 5.29. The third kappa shape index (κ3) is 2.83. The second kappa shape index (κ2) is 5.42. The number of benzene rings is 1. The molecule has 0 amide bonds. The van der Waals surface area contributed by atoms with E-state index in [0.29, 0.717) is 22.4 Å². The van der Waals surface area contributed by atoms with Crippen molar-refractivity contribution in [3.63, 3.8) is 0 Å². The number of hydrogen-bond donors (Lipinski definition) is 1. The monoisotopic (exact) mass is 282 g/mol. The Morgan fingerprint density at radius 2 is 1.83 bits per heavy atom. The SMILES string of the molecule is CN(Cc1ccc(Cl)cc1)c1ncnc(N)c1Cl. The summed E-state index contributed by atoms with van der Waals surface area (Å²) in [4.78, 5) is 9.87. The van der Waals surface area contributed by atoms with Gasteiger partial charge in [-0.05, 0) is 17.7 Å². The van der Waals surface area contributed by atoms with Gasteiger partial charge in [0.2, 0.25) is 0 Å². The summed E-state index contributed by atoms with van der Waals surface area (Å²) in [7, 11) is 1.89. The number of aromatic nitrogens is 2. The Morgan fingerprint density at radius 3 is 2.50 bits per heavy atom. The van der Waals surface area contributed by atoms with Crippen LogP contribution in [0, 0.1) is 0 Å². The number of nitrogens with two attached hydrogens (primary N) is 1. The van der Waals surface area contributed by atoms with Gasteiger partial charge < -0.3 is 10.6 Å². The molecule has 0 unspecified atom stereocenters. The summed E-state index contributed by atoms with van der Waals surface area (Å²) >= 11 is 11.9. The zero-order valence-electron chi connectivity index (χ0n) is 9.77. The van der Waals surface area contributed by atoms with Crippen LogP contribution in [0.4, 0.5) is 11.6 Å². The molecule has 1 aromatic heterocycles. The Kier molecular flexibility index (Phi) is 3.89. The van der Waals surface area contributed by atoms with Crippen molar-refractivity contribution < 1.29 is 0 Å². The number of nitrogen functional groups attached to an aromatic ring is 1. The predicted molar refractivity (Wildman–Crippen MR) is 75.0 cm³/mol. The molecule has 2 N–H and O–H groups in total. The molecule has 18 heavy (non-hydrogen) atoms. The molecule has 0 saturated carbocycles. The normalized spacial score (nSPS) is 10.4. The molecule has 1 aromatic carbocycles. The van der Waals surface area contributed by atoms with Crippen molar-refractivity contribution in [1.29, 1.82) is 0 Å². The Bertz CT molecular complexity index is 542. The number of halogens is 2. The molecular weight excluding hydrogens is 271 g/mol. The number of hydrogen-bond acceptors (Lipinski definition) is 4. The van der Waals surface area contributed by atoms with E-state index in [9.17, 15) is 0 Å². The summed E-state index contributed by atoms with van der Waals surface area (Å²) in [6.45, 7) is 0.660. The quantitative estimate of drug-likeness (QED) is 0.940. The van der Waals surface area contributed by atoms with E-state index in [1.807, 2.05) is 36.2 Å². The number of nitrogens with zero attached hydrogens (tertiary/aromatic N) is 3. The molecule has 94 valence electrons. The molecule has 0 bridgehead atoms. The van der Waals surface area contributed by atoms with E-state index >= 15 is 0 Å². The minimum absolute atomic E-state index is 0.282. The van der Waals surface area contributed by atoms with Gasteiger partial charge in [0, 0.05) is 18.6 Å². The third-order valence-electron chi connectivity index (χ3n) is 2.49. The van der Waals surface area contributed by atoms with Gasteiger partial charge in [0.15, 0.2) is 5.82 Å². The molecule has 0 atom stereocenters. The average Bonchev–Trinajstić information content (AvgIpc) is 2.35. The summed E-state index contributed by atoms with van der Waals surface area (Å²) in [6.07, 6.45) is 1.40. The van der Waals surface area contributed by atoms with Gasteiger partial charge in [-0.3, -0.25) is 0 Å². The van der Waals surface area contributed by atoms with E-state index in [-0.39, 0.29) is 5.82 Å². The predicted octanol–water partition coefficient (Wildman–Crippen LogP) is 3.00. The van der Waals surface area contributed by atoms with Crippen LogP contribution in [0.2, 0.25) is 10.0 Å². The van der Waals surface area contributed by atoms with Gasteiger partial charge in [-0.1, -0.05) is 35.3 Å². The minimum atomic E-state index is 0.282. The molecule has 0 aliphatic carbocycles. The third-order valence-corrected chi connectivity index (χ3v) is 3.11. The van der Waals surface area contributed by atoms with Crippen molar-refractivity contribution in [2.75, 3.05) is 17.7 Å². The molecule has 4 nitrogen and oxygen atoms in total. The summed E-state index contributed by atoms with van der Waals surface area (Å²) in [5, 5.41) is 1.08. The van der Waals surface area contributed by atoms with Crippen molar-refractivity contribution in [1.82, 2.24) is 9.97 Å². The van der Waals surface area contributed by atoms with Gasteiger partial charge in [0.1, 0.15) is 17.2 Å². The zero-order chi connectivity index (χ0) is 13.1. The molecule has 0 spiro atoms. The fraction of sp³-hybridized carbons (Fsp3) is 0.167. The Labute approximate surface area is 115 Å². The number of anilines is 2. The van der Waals surface area contributed by atoms with Crippen LogP contribution in [0.15, 0.2) is 30.6 Å². The van der Waals surface area contributed by atoms with Gasteiger partial charge in [-0.2, -0.15) is 0 Å². The van der Waals surface area contributed by atoms with Crippen molar-refractivity contribution in [2.45, 2.75) is 6.54 Å². The van der Waals surface area contributed by atoms with Gasteiger partial charge in [-0.15, -0.1) is 0 Å². The molecule has 0 fully saturated rings. The van der Waals surface area contributed by atoms with Gasteiger partial charge in [0.05, 0.1) is 0 Å². The first kappa shape index (κ1) is 12.9. The Hall–Kier alpha value is -1.52. The lowest BCUT2D eigenvalue weighted by atomic mass is 10.2. The van der Waals surface area contributed by atoms with Crippen LogP contribution >= 0.6 is 23.2 Å². The molecular formula is C12H12Cl2N4. The van der Waals surface area contributed by atoms with Crippen LogP contribution in [-0.2, 0) is 6.54 Å². The maximum atomic E-state index is 6.07. The lowest BCUT2D eigenvalue weighted by Crippen LogP contribution is -2.18. The maximum Gasteiger partial charge on any atom is 0.153 e. The molecule has 1 heterocycles. The van der Waals surface area contributed by atoms with Crippen LogP contribution in [0.3, 0.4) is 0 Å². The highest BCUT2D eigenvalue weighted by atomic mass is 35.5. The molecule has 0 saturated heterocycles. The second-order valence-corrected chi connectivity index (χ2v) is 4.69. The summed E-state index contributed by atoms with van der Waals surface area (Å²) in [6, 6.07) is 7.61. The van der Waals surface area contributed by atoms with Gasteiger partial charge >= 0.3 is 0 Å². The number of rotatable bonds is 3. The summed E-state index contributed by atoms with van der Waals surface area (Å²) in [5.41, 5.74) is 6.75. The first-order chi connectivity index (χ1) is 8.58. The maximum absolute atomic E-state index is 6.07. The Morgan fingerprint density at radius 1 is 1.17 bits per heavy atom. The van der Waals surface area contributed by atoms with Crippen molar-refractivity contribution in [3.8, 4) is 0 Å². The smallest absolute Gasteiger partial charge is 0.153 e. The molecule has 0 aliphatic heterocycles. The lowest BCUT2D eigenvalue weighted by molar-refractivity contribution is 0.892. The average molecular weight is 283 g/mol.